The molecule has 0 heterocycles. The highest BCUT2D eigenvalue weighted by atomic mass is 35.5. The highest BCUT2D eigenvalue weighted by Crippen LogP contribution is 2.31. The first-order valence-corrected chi connectivity index (χ1v) is 7.75. The van der Waals surface area contributed by atoms with Crippen LogP contribution >= 0.6 is 23.2 Å². The van der Waals surface area contributed by atoms with Gasteiger partial charge in [-0.1, -0.05) is 29.3 Å². The van der Waals surface area contributed by atoms with Crippen LogP contribution in [0.1, 0.15) is 5.56 Å². The fourth-order valence-corrected chi connectivity index (χ4v) is 3.04. The van der Waals surface area contributed by atoms with Gasteiger partial charge in [0.1, 0.15) is 11.9 Å². The zero-order valence-electron chi connectivity index (χ0n) is 10.3. The first kappa shape index (κ1) is 15.6. The van der Waals surface area contributed by atoms with Gasteiger partial charge >= 0.3 is 0 Å². The van der Waals surface area contributed by atoms with Gasteiger partial charge in [0.25, 0.3) is 10.0 Å². The molecule has 0 bridgehead atoms. The molecule has 2 aromatic rings. The predicted octanol–water partition coefficient (Wildman–Crippen LogP) is 3.80. The van der Waals surface area contributed by atoms with Gasteiger partial charge in [0.15, 0.2) is 0 Å². The second kappa shape index (κ2) is 5.90. The molecule has 4 nitrogen and oxygen atoms in total. The average molecular weight is 345 g/mol. The van der Waals surface area contributed by atoms with Gasteiger partial charge in [-0.3, -0.25) is 4.72 Å². The third kappa shape index (κ3) is 3.27. The summed E-state index contributed by atoms with van der Waals surface area (Å²) >= 11 is 11.7. The number of sulfonamides is 1. The van der Waals surface area contributed by atoms with Crippen molar-refractivity contribution in [1.82, 2.24) is 0 Å². The largest absolute Gasteiger partial charge is 0.278 e. The van der Waals surface area contributed by atoms with Gasteiger partial charge in [-0.25, -0.2) is 12.8 Å². The molecule has 21 heavy (non-hydrogen) atoms. The first-order valence-electron chi connectivity index (χ1n) is 5.51. The number of nitrogens with zero attached hydrogens (tertiary/aromatic N) is 1. The molecular weight excluding hydrogens is 338 g/mol. The SMILES string of the molecule is N#Cc1cc(S(=O)(=O)Nc2cccc(Cl)c2Cl)ccc1F. The Morgan fingerprint density at radius 2 is 1.90 bits per heavy atom. The molecule has 0 unspecified atom stereocenters. The Morgan fingerprint density at radius 3 is 2.57 bits per heavy atom. The zero-order chi connectivity index (χ0) is 15.6. The Balaban J connectivity index is 2.44. The summed E-state index contributed by atoms with van der Waals surface area (Å²) in [7, 11) is -4.01. The van der Waals surface area contributed by atoms with E-state index in [4.69, 9.17) is 28.5 Å². The van der Waals surface area contributed by atoms with Crippen LogP contribution in [0.15, 0.2) is 41.3 Å². The molecule has 0 atom stereocenters. The van der Waals surface area contributed by atoms with Crippen LogP contribution in [-0.4, -0.2) is 8.42 Å². The maximum absolute atomic E-state index is 13.2. The van der Waals surface area contributed by atoms with Gasteiger partial charge in [-0.2, -0.15) is 5.26 Å². The molecule has 0 aliphatic carbocycles. The Morgan fingerprint density at radius 1 is 1.19 bits per heavy atom. The minimum atomic E-state index is -4.01. The molecule has 8 heteroatoms. The molecule has 108 valence electrons. The summed E-state index contributed by atoms with van der Waals surface area (Å²) in [5.74, 6) is -0.794. The molecule has 1 N–H and O–H groups in total. The summed E-state index contributed by atoms with van der Waals surface area (Å²) in [6, 6.07) is 8.94. The monoisotopic (exact) mass is 344 g/mol. The summed E-state index contributed by atoms with van der Waals surface area (Å²) in [5, 5.41) is 8.97. The van der Waals surface area contributed by atoms with Crippen molar-refractivity contribution in [3.8, 4) is 6.07 Å². The average Bonchev–Trinajstić information content (AvgIpc) is 2.44. The smallest absolute Gasteiger partial charge is 0.261 e. The van der Waals surface area contributed by atoms with E-state index in [9.17, 15) is 12.8 Å². The number of hydrogen-bond donors (Lipinski definition) is 1. The van der Waals surface area contributed by atoms with Crippen LogP contribution in [0.5, 0.6) is 0 Å². The van der Waals surface area contributed by atoms with Gasteiger partial charge in [0, 0.05) is 0 Å². The van der Waals surface area contributed by atoms with E-state index in [1.807, 2.05) is 0 Å². The lowest BCUT2D eigenvalue weighted by Gasteiger charge is -2.10. The molecule has 0 fully saturated rings. The molecule has 0 aliphatic heterocycles. The fourth-order valence-electron chi connectivity index (χ4n) is 1.54. The Bertz CT molecular complexity index is 848. The molecule has 0 aliphatic rings. The van der Waals surface area contributed by atoms with Crippen LogP contribution in [-0.2, 0) is 10.0 Å². The van der Waals surface area contributed by atoms with Crippen molar-refractivity contribution in [2.24, 2.45) is 0 Å². The number of nitrogens with one attached hydrogen (secondary N) is 1. The van der Waals surface area contributed by atoms with Crippen molar-refractivity contribution >= 4 is 38.9 Å². The maximum atomic E-state index is 13.2. The number of nitriles is 1. The summed E-state index contributed by atoms with van der Waals surface area (Å²) < 4.78 is 39.9. The minimum Gasteiger partial charge on any atom is -0.278 e. The highest BCUT2D eigenvalue weighted by Gasteiger charge is 2.18. The Hall–Kier alpha value is -1.81. The van der Waals surface area contributed by atoms with Gasteiger partial charge in [-0.15, -0.1) is 0 Å². The number of benzene rings is 2. The van der Waals surface area contributed by atoms with Gasteiger partial charge in [0.2, 0.25) is 0 Å². The number of anilines is 1. The summed E-state index contributed by atoms with van der Waals surface area (Å²) in [5.41, 5.74) is -0.276. The third-order valence-corrected chi connectivity index (χ3v) is 4.75. The quantitative estimate of drug-likeness (QED) is 0.920. The molecule has 2 aromatic carbocycles. The lowest BCUT2D eigenvalue weighted by Crippen LogP contribution is -2.13. The fraction of sp³-hybridized carbons (Fsp3) is 0. The lowest BCUT2D eigenvalue weighted by molar-refractivity contribution is 0.599. The lowest BCUT2D eigenvalue weighted by atomic mass is 10.2. The molecule has 0 spiro atoms. The number of hydrogen-bond acceptors (Lipinski definition) is 3. The molecular formula is C13H7Cl2FN2O2S. The molecule has 0 saturated heterocycles. The van der Waals surface area contributed by atoms with E-state index in [2.05, 4.69) is 4.72 Å². The maximum Gasteiger partial charge on any atom is 0.261 e. The standard InChI is InChI=1S/C13H7Cl2FN2O2S/c14-10-2-1-3-12(13(10)15)18-21(19,20)9-4-5-11(16)8(6-9)7-17/h1-6,18H. The normalized spacial score (nSPS) is 11.0. The van der Waals surface area contributed by atoms with E-state index in [1.54, 1.807) is 6.07 Å². The van der Waals surface area contributed by atoms with Crippen molar-refractivity contribution in [2.45, 2.75) is 4.90 Å². The van der Waals surface area contributed by atoms with Gasteiger partial charge in [-0.05, 0) is 30.3 Å². The summed E-state index contributed by atoms with van der Waals surface area (Å²) in [4.78, 5) is -0.253. The molecule has 0 aromatic heterocycles. The first-order chi connectivity index (χ1) is 9.85. The van der Waals surface area contributed by atoms with Gasteiger partial charge in [0.05, 0.1) is 26.2 Å². The second-order valence-electron chi connectivity index (χ2n) is 3.96. The summed E-state index contributed by atoms with van der Waals surface area (Å²) in [6.45, 7) is 0. The zero-order valence-corrected chi connectivity index (χ0v) is 12.6. The molecule has 0 saturated carbocycles. The third-order valence-electron chi connectivity index (χ3n) is 2.56. The van der Waals surface area contributed by atoms with E-state index in [-0.39, 0.29) is 26.2 Å². The van der Waals surface area contributed by atoms with Crippen LogP contribution in [0, 0.1) is 17.1 Å². The van der Waals surface area contributed by atoms with Crippen LogP contribution in [0.4, 0.5) is 10.1 Å². The summed E-state index contributed by atoms with van der Waals surface area (Å²) in [6.07, 6.45) is 0. The topological polar surface area (TPSA) is 70.0 Å². The Kier molecular flexibility index (Phi) is 4.37. The molecule has 0 amide bonds. The van der Waals surface area contributed by atoms with Crippen molar-refractivity contribution in [2.75, 3.05) is 4.72 Å². The van der Waals surface area contributed by atoms with Crippen LogP contribution in [0.25, 0.3) is 0 Å². The molecule has 0 radical (unpaired) electrons. The molecule has 2 rings (SSSR count). The van der Waals surface area contributed by atoms with Crippen LogP contribution < -0.4 is 4.72 Å². The van der Waals surface area contributed by atoms with Crippen molar-refractivity contribution in [1.29, 1.82) is 5.26 Å². The van der Waals surface area contributed by atoms with Gasteiger partial charge < -0.3 is 0 Å². The minimum absolute atomic E-state index is 0.0466. The van der Waals surface area contributed by atoms with E-state index in [0.29, 0.717) is 0 Å². The van der Waals surface area contributed by atoms with E-state index < -0.39 is 15.8 Å². The van der Waals surface area contributed by atoms with E-state index in [0.717, 1.165) is 18.2 Å². The number of halogens is 3. The van der Waals surface area contributed by atoms with Crippen LogP contribution in [0.3, 0.4) is 0 Å². The van der Waals surface area contributed by atoms with Crippen LogP contribution in [0.2, 0.25) is 10.0 Å². The predicted molar refractivity (Wildman–Crippen MR) is 78.4 cm³/mol. The second-order valence-corrected chi connectivity index (χ2v) is 6.43. The highest BCUT2D eigenvalue weighted by molar-refractivity contribution is 7.92. The Labute approximate surface area is 130 Å². The number of rotatable bonds is 3. The van der Waals surface area contributed by atoms with E-state index in [1.165, 1.54) is 18.2 Å². The van der Waals surface area contributed by atoms with Crippen molar-refractivity contribution in [3.63, 3.8) is 0 Å². The van der Waals surface area contributed by atoms with Crippen molar-refractivity contribution in [3.05, 3.63) is 57.8 Å². The van der Waals surface area contributed by atoms with Crippen molar-refractivity contribution < 1.29 is 12.8 Å². The van der Waals surface area contributed by atoms with E-state index >= 15 is 0 Å².